The Labute approximate surface area is 159 Å². The van der Waals surface area contributed by atoms with Crippen LogP contribution in [0.1, 0.15) is 22.8 Å². The van der Waals surface area contributed by atoms with Gasteiger partial charge in [0.05, 0.1) is 16.2 Å². The fourth-order valence-electron chi connectivity index (χ4n) is 2.71. The summed E-state index contributed by atoms with van der Waals surface area (Å²) in [6, 6.07) is 23.8. The van der Waals surface area contributed by atoms with Crippen LogP contribution < -0.4 is 0 Å². The maximum atomic E-state index is 12.4. The summed E-state index contributed by atoms with van der Waals surface area (Å²) >= 11 is 0. The molecule has 0 N–H and O–H groups in total. The second kappa shape index (κ2) is 8.18. The number of benzene rings is 3. The molecule has 0 spiro atoms. The van der Waals surface area contributed by atoms with Crippen molar-refractivity contribution in [2.45, 2.75) is 18.4 Å². The molecule has 5 heteroatoms. The van der Waals surface area contributed by atoms with Gasteiger partial charge in [0.15, 0.2) is 9.84 Å². The van der Waals surface area contributed by atoms with Crippen LogP contribution >= 0.6 is 0 Å². The molecule has 0 aliphatic carbocycles. The van der Waals surface area contributed by atoms with Gasteiger partial charge in [0, 0.05) is 0 Å². The molecule has 138 valence electrons. The summed E-state index contributed by atoms with van der Waals surface area (Å²) < 4.78 is 29.7. The minimum absolute atomic E-state index is 0.0110. The Bertz CT molecular complexity index is 1020. The van der Waals surface area contributed by atoms with E-state index in [9.17, 15) is 13.2 Å². The highest BCUT2D eigenvalue weighted by molar-refractivity contribution is 7.91. The van der Waals surface area contributed by atoms with E-state index in [1.807, 2.05) is 54.6 Å². The standard InChI is InChI=1S/C22H20O4S/c1-2-27(24,25)21-11-7-6-10-20(21)22(23)26-16-17-12-14-19(15-13-17)18-8-4-3-5-9-18/h3-15H,2,16H2,1H3. The molecular formula is C22H20O4S. The van der Waals surface area contributed by atoms with Crippen LogP contribution in [0.4, 0.5) is 0 Å². The van der Waals surface area contributed by atoms with E-state index in [-0.39, 0.29) is 22.8 Å². The van der Waals surface area contributed by atoms with Crippen LogP contribution in [0.5, 0.6) is 0 Å². The molecule has 0 heterocycles. The number of rotatable bonds is 6. The minimum atomic E-state index is -3.49. The van der Waals surface area contributed by atoms with Crippen molar-refractivity contribution >= 4 is 15.8 Å². The van der Waals surface area contributed by atoms with Crippen LogP contribution in [0.2, 0.25) is 0 Å². The van der Waals surface area contributed by atoms with Crippen molar-refractivity contribution in [3.8, 4) is 11.1 Å². The maximum Gasteiger partial charge on any atom is 0.339 e. The van der Waals surface area contributed by atoms with Crippen molar-refractivity contribution in [2.75, 3.05) is 5.75 Å². The lowest BCUT2D eigenvalue weighted by atomic mass is 10.0. The molecule has 0 unspecified atom stereocenters. The predicted molar refractivity (Wildman–Crippen MR) is 105 cm³/mol. The Balaban J connectivity index is 1.72. The third kappa shape index (κ3) is 4.44. The smallest absolute Gasteiger partial charge is 0.339 e. The van der Waals surface area contributed by atoms with E-state index in [0.29, 0.717) is 0 Å². The molecular weight excluding hydrogens is 360 g/mol. The normalized spacial score (nSPS) is 11.1. The van der Waals surface area contributed by atoms with Gasteiger partial charge in [0.2, 0.25) is 0 Å². The first-order valence-electron chi connectivity index (χ1n) is 8.64. The van der Waals surface area contributed by atoms with Gasteiger partial charge >= 0.3 is 5.97 Å². The highest BCUT2D eigenvalue weighted by Gasteiger charge is 2.21. The summed E-state index contributed by atoms with van der Waals surface area (Å²) in [5.41, 5.74) is 3.09. The van der Waals surface area contributed by atoms with Crippen LogP contribution in [0.3, 0.4) is 0 Å². The van der Waals surface area contributed by atoms with Crippen molar-refractivity contribution in [3.63, 3.8) is 0 Å². The lowest BCUT2D eigenvalue weighted by Crippen LogP contribution is -2.13. The van der Waals surface area contributed by atoms with Crippen LogP contribution in [-0.4, -0.2) is 20.1 Å². The number of esters is 1. The average Bonchev–Trinajstić information content (AvgIpc) is 2.73. The second-order valence-electron chi connectivity index (χ2n) is 6.04. The molecule has 0 fully saturated rings. The van der Waals surface area contributed by atoms with E-state index < -0.39 is 15.8 Å². The van der Waals surface area contributed by atoms with E-state index in [0.717, 1.165) is 16.7 Å². The number of ether oxygens (including phenoxy) is 1. The predicted octanol–water partition coefficient (Wildman–Crippen LogP) is 4.50. The third-order valence-electron chi connectivity index (χ3n) is 4.25. The molecule has 3 aromatic rings. The van der Waals surface area contributed by atoms with E-state index in [1.54, 1.807) is 19.1 Å². The van der Waals surface area contributed by atoms with E-state index in [4.69, 9.17) is 4.74 Å². The van der Waals surface area contributed by atoms with Gasteiger partial charge in [-0.3, -0.25) is 0 Å². The van der Waals surface area contributed by atoms with Gasteiger partial charge in [0.1, 0.15) is 6.61 Å². The molecule has 0 aromatic heterocycles. The Morgan fingerprint density at radius 1 is 0.815 bits per heavy atom. The fraction of sp³-hybridized carbons (Fsp3) is 0.136. The monoisotopic (exact) mass is 380 g/mol. The van der Waals surface area contributed by atoms with Gasteiger partial charge in [-0.1, -0.05) is 73.7 Å². The molecule has 0 amide bonds. The van der Waals surface area contributed by atoms with Gasteiger partial charge in [0.25, 0.3) is 0 Å². The first-order valence-corrected chi connectivity index (χ1v) is 10.3. The number of sulfone groups is 1. The Hall–Kier alpha value is -2.92. The van der Waals surface area contributed by atoms with Crippen LogP contribution in [0, 0.1) is 0 Å². The molecule has 0 radical (unpaired) electrons. The fourth-order valence-corrected chi connectivity index (χ4v) is 3.80. The van der Waals surface area contributed by atoms with Crippen molar-refractivity contribution in [1.29, 1.82) is 0 Å². The summed E-state index contributed by atoms with van der Waals surface area (Å²) in [4.78, 5) is 12.4. The zero-order valence-corrected chi connectivity index (χ0v) is 15.8. The van der Waals surface area contributed by atoms with Gasteiger partial charge in [-0.2, -0.15) is 0 Å². The molecule has 0 aliphatic rings. The van der Waals surface area contributed by atoms with Crippen LogP contribution in [0.25, 0.3) is 11.1 Å². The maximum absolute atomic E-state index is 12.4. The van der Waals surface area contributed by atoms with Crippen LogP contribution in [-0.2, 0) is 21.2 Å². The lowest BCUT2D eigenvalue weighted by Gasteiger charge is -2.10. The number of hydrogen-bond donors (Lipinski definition) is 0. The summed E-state index contributed by atoms with van der Waals surface area (Å²) in [7, 11) is -3.49. The summed E-state index contributed by atoms with van der Waals surface area (Å²) in [6.07, 6.45) is 0. The first kappa shape index (κ1) is 18.9. The Kier molecular flexibility index (Phi) is 5.72. The minimum Gasteiger partial charge on any atom is -0.457 e. The Morgan fingerprint density at radius 2 is 1.41 bits per heavy atom. The van der Waals surface area contributed by atoms with Crippen molar-refractivity contribution in [2.24, 2.45) is 0 Å². The number of carbonyl (C=O) groups is 1. The molecule has 4 nitrogen and oxygen atoms in total. The van der Waals surface area contributed by atoms with Crippen molar-refractivity contribution < 1.29 is 17.9 Å². The molecule has 3 rings (SSSR count). The van der Waals surface area contributed by atoms with Crippen molar-refractivity contribution in [3.05, 3.63) is 90.0 Å². The molecule has 3 aromatic carbocycles. The molecule has 27 heavy (non-hydrogen) atoms. The van der Waals surface area contributed by atoms with Gasteiger partial charge in [-0.05, 0) is 28.8 Å². The summed E-state index contributed by atoms with van der Waals surface area (Å²) in [6.45, 7) is 1.63. The van der Waals surface area contributed by atoms with Gasteiger partial charge < -0.3 is 4.74 Å². The quantitative estimate of drug-likeness (QED) is 0.591. The van der Waals surface area contributed by atoms with Gasteiger partial charge in [-0.25, -0.2) is 13.2 Å². The third-order valence-corrected chi connectivity index (χ3v) is 6.04. The molecule has 0 aliphatic heterocycles. The van der Waals surface area contributed by atoms with E-state index in [1.165, 1.54) is 12.1 Å². The Morgan fingerprint density at radius 3 is 2.07 bits per heavy atom. The highest BCUT2D eigenvalue weighted by atomic mass is 32.2. The van der Waals surface area contributed by atoms with E-state index >= 15 is 0 Å². The molecule has 0 saturated carbocycles. The zero-order chi connectivity index (χ0) is 19.3. The van der Waals surface area contributed by atoms with Gasteiger partial charge in [-0.15, -0.1) is 0 Å². The molecule has 0 saturated heterocycles. The number of carbonyl (C=O) groups excluding carboxylic acids is 1. The van der Waals surface area contributed by atoms with E-state index in [2.05, 4.69) is 0 Å². The second-order valence-corrected chi connectivity index (χ2v) is 8.29. The van der Waals surface area contributed by atoms with Crippen molar-refractivity contribution in [1.82, 2.24) is 0 Å². The SMILES string of the molecule is CCS(=O)(=O)c1ccccc1C(=O)OCc1ccc(-c2ccccc2)cc1. The highest BCUT2D eigenvalue weighted by Crippen LogP contribution is 2.21. The average molecular weight is 380 g/mol. The van der Waals surface area contributed by atoms with Crippen LogP contribution in [0.15, 0.2) is 83.8 Å². The summed E-state index contributed by atoms with van der Waals surface area (Å²) in [5, 5.41) is 0. The topological polar surface area (TPSA) is 60.4 Å². The lowest BCUT2D eigenvalue weighted by molar-refractivity contribution is 0.0468. The zero-order valence-electron chi connectivity index (χ0n) is 15.0. The summed E-state index contributed by atoms with van der Waals surface area (Å²) in [5.74, 6) is -0.715. The molecule has 0 bridgehead atoms. The first-order chi connectivity index (χ1) is 13.0. The largest absolute Gasteiger partial charge is 0.457 e. The molecule has 0 atom stereocenters. The number of hydrogen-bond acceptors (Lipinski definition) is 4.